The molecule has 1 saturated heterocycles. The molecule has 0 aliphatic carbocycles. The summed E-state index contributed by atoms with van der Waals surface area (Å²) < 4.78 is 0. The summed E-state index contributed by atoms with van der Waals surface area (Å²) in [5, 5.41) is 0. The van der Waals surface area contributed by atoms with Gasteiger partial charge in [-0.1, -0.05) is 0 Å². The summed E-state index contributed by atoms with van der Waals surface area (Å²) in [4.78, 5) is 27.3. The SMILES string of the molecule is CC(C)N1C(=O)N(C)CN(C)C1=O. The fraction of sp³-hybridized carbons (Fsp3) is 0.750. The lowest BCUT2D eigenvalue weighted by Crippen LogP contribution is -2.60. The maximum Gasteiger partial charge on any atom is 0.329 e. The Bertz CT molecular complexity index is 220. The molecule has 0 radical (unpaired) electrons. The molecule has 0 aromatic carbocycles. The summed E-state index contributed by atoms with van der Waals surface area (Å²) in [6.45, 7) is 4.01. The Hall–Kier alpha value is -1.26. The van der Waals surface area contributed by atoms with E-state index in [2.05, 4.69) is 0 Å². The van der Waals surface area contributed by atoms with E-state index >= 15 is 0 Å². The van der Waals surface area contributed by atoms with E-state index in [1.165, 1.54) is 14.7 Å². The van der Waals surface area contributed by atoms with Gasteiger partial charge in [-0.25, -0.2) is 14.5 Å². The molecule has 4 amide bonds. The second-order valence-electron chi connectivity index (χ2n) is 3.57. The second-order valence-corrected chi connectivity index (χ2v) is 3.57. The predicted octanol–water partition coefficient (Wildman–Crippen LogP) is 0.772. The first kappa shape index (κ1) is 9.83. The van der Waals surface area contributed by atoms with Crippen LogP contribution in [0.25, 0.3) is 0 Å². The lowest BCUT2D eigenvalue weighted by atomic mass is 10.3. The third-order valence-electron chi connectivity index (χ3n) is 2.01. The van der Waals surface area contributed by atoms with Gasteiger partial charge in [-0.3, -0.25) is 0 Å². The van der Waals surface area contributed by atoms with Crippen LogP contribution in [0.4, 0.5) is 9.59 Å². The minimum atomic E-state index is -0.224. The quantitative estimate of drug-likeness (QED) is 0.605. The lowest BCUT2D eigenvalue weighted by Gasteiger charge is -2.39. The smallest absolute Gasteiger partial charge is 0.309 e. The van der Waals surface area contributed by atoms with Crippen molar-refractivity contribution < 1.29 is 9.59 Å². The lowest BCUT2D eigenvalue weighted by molar-refractivity contribution is 0.0890. The molecular weight excluding hydrogens is 170 g/mol. The van der Waals surface area contributed by atoms with E-state index in [0.29, 0.717) is 6.67 Å². The van der Waals surface area contributed by atoms with Crippen LogP contribution in [0.15, 0.2) is 0 Å². The number of amides is 4. The van der Waals surface area contributed by atoms with Gasteiger partial charge >= 0.3 is 12.1 Å². The third-order valence-corrected chi connectivity index (χ3v) is 2.01. The van der Waals surface area contributed by atoms with Crippen molar-refractivity contribution in [1.29, 1.82) is 0 Å². The number of rotatable bonds is 1. The van der Waals surface area contributed by atoms with Gasteiger partial charge in [0.25, 0.3) is 0 Å². The molecule has 0 atom stereocenters. The monoisotopic (exact) mass is 185 g/mol. The summed E-state index contributed by atoms with van der Waals surface area (Å²) in [5.74, 6) is 0. The number of imide groups is 1. The zero-order chi connectivity index (χ0) is 10.2. The van der Waals surface area contributed by atoms with Crippen molar-refractivity contribution in [3.05, 3.63) is 0 Å². The molecule has 74 valence electrons. The van der Waals surface area contributed by atoms with Crippen LogP contribution < -0.4 is 0 Å². The second kappa shape index (κ2) is 3.24. The number of nitrogens with zero attached hydrogens (tertiary/aromatic N) is 3. The highest BCUT2D eigenvalue weighted by atomic mass is 16.2. The molecule has 1 aliphatic rings. The third kappa shape index (κ3) is 1.59. The van der Waals surface area contributed by atoms with E-state index in [1.807, 2.05) is 13.8 Å². The molecular formula is C8H15N3O2. The van der Waals surface area contributed by atoms with Crippen LogP contribution in [0.5, 0.6) is 0 Å². The van der Waals surface area contributed by atoms with E-state index in [4.69, 9.17) is 0 Å². The maximum absolute atomic E-state index is 11.5. The summed E-state index contributed by atoms with van der Waals surface area (Å²) >= 11 is 0. The molecule has 0 saturated carbocycles. The fourth-order valence-electron chi connectivity index (χ4n) is 1.33. The fourth-order valence-corrected chi connectivity index (χ4v) is 1.33. The van der Waals surface area contributed by atoms with E-state index < -0.39 is 0 Å². The number of carbonyl (C=O) groups is 2. The highest BCUT2D eigenvalue weighted by Gasteiger charge is 2.34. The van der Waals surface area contributed by atoms with Crippen LogP contribution in [0.3, 0.4) is 0 Å². The van der Waals surface area contributed by atoms with Gasteiger partial charge in [0.05, 0.1) is 6.67 Å². The zero-order valence-corrected chi connectivity index (χ0v) is 8.44. The van der Waals surface area contributed by atoms with E-state index in [1.54, 1.807) is 14.1 Å². The van der Waals surface area contributed by atoms with Gasteiger partial charge in [-0.05, 0) is 13.8 Å². The van der Waals surface area contributed by atoms with Gasteiger partial charge in [0.1, 0.15) is 0 Å². The van der Waals surface area contributed by atoms with Crippen molar-refractivity contribution >= 4 is 12.1 Å². The standard InChI is InChI=1S/C8H15N3O2/c1-6(2)11-7(12)9(3)5-10(4)8(11)13/h6H,5H2,1-4H3. The highest BCUT2D eigenvalue weighted by molar-refractivity contribution is 5.95. The molecule has 0 spiro atoms. The van der Waals surface area contributed by atoms with E-state index in [9.17, 15) is 9.59 Å². The van der Waals surface area contributed by atoms with Crippen molar-refractivity contribution in [2.75, 3.05) is 20.8 Å². The summed E-state index contributed by atoms with van der Waals surface area (Å²) in [5.41, 5.74) is 0. The van der Waals surface area contributed by atoms with Crippen LogP contribution in [0.1, 0.15) is 13.8 Å². The molecule has 5 nitrogen and oxygen atoms in total. The Morgan fingerprint density at radius 3 is 1.77 bits per heavy atom. The molecule has 0 aromatic rings. The largest absolute Gasteiger partial charge is 0.329 e. The molecule has 0 bridgehead atoms. The Labute approximate surface area is 77.9 Å². The minimum Gasteiger partial charge on any atom is -0.309 e. The topological polar surface area (TPSA) is 43.9 Å². The van der Waals surface area contributed by atoms with Gasteiger partial charge in [0, 0.05) is 20.1 Å². The van der Waals surface area contributed by atoms with E-state index in [0.717, 1.165) is 0 Å². The van der Waals surface area contributed by atoms with Gasteiger partial charge < -0.3 is 9.80 Å². The zero-order valence-electron chi connectivity index (χ0n) is 8.44. The first-order valence-corrected chi connectivity index (χ1v) is 4.24. The summed E-state index contributed by atoms with van der Waals surface area (Å²) in [6, 6.07) is -0.540. The van der Waals surface area contributed by atoms with Gasteiger partial charge in [-0.2, -0.15) is 0 Å². The number of carbonyl (C=O) groups excluding carboxylic acids is 2. The Morgan fingerprint density at radius 2 is 1.46 bits per heavy atom. The first-order valence-electron chi connectivity index (χ1n) is 4.24. The van der Waals surface area contributed by atoms with Crippen LogP contribution in [-0.2, 0) is 0 Å². The maximum atomic E-state index is 11.5. The van der Waals surface area contributed by atoms with Crippen LogP contribution in [-0.4, -0.2) is 53.6 Å². The molecule has 5 heteroatoms. The van der Waals surface area contributed by atoms with Crippen molar-refractivity contribution in [3.63, 3.8) is 0 Å². The average Bonchev–Trinajstić information content (AvgIpc) is 2.01. The Kier molecular flexibility index (Phi) is 2.45. The number of hydrogen-bond donors (Lipinski definition) is 0. The molecule has 0 N–H and O–H groups in total. The van der Waals surface area contributed by atoms with Crippen molar-refractivity contribution in [2.24, 2.45) is 0 Å². The molecule has 1 fully saturated rings. The van der Waals surface area contributed by atoms with Gasteiger partial charge in [0.15, 0.2) is 0 Å². The van der Waals surface area contributed by atoms with Crippen LogP contribution in [0.2, 0.25) is 0 Å². The van der Waals surface area contributed by atoms with Crippen molar-refractivity contribution in [3.8, 4) is 0 Å². The molecule has 0 aromatic heterocycles. The van der Waals surface area contributed by atoms with Gasteiger partial charge in [-0.15, -0.1) is 0 Å². The summed E-state index contributed by atoms with van der Waals surface area (Å²) in [7, 11) is 3.36. The van der Waals surface area contributed by atoms with Crippen LogP contribution >= 0.6 is 0 Å². The Morgan fingerprint density at radius 1 is 1.08 bits per heavy atom. The van der Waals surface area contributed by atoms with Crippen LogP contribution in [0, 0.1) is 0 Å². The van der Waals surface area contributed by atoms with E-state index in [-0.39, 0.29) is 18.1 Å². The molecule has 1 aliphatic heterocycles. The number of urea groups is 2. The molecule has 0 unspecified atom stereocenters. The number of hydrogen-bond acceptors (Lipinski definition) is 2. The molecule has 1 rings (SSSR count). The highest BCUT2D eigenvalue weighted by Crippen LogP contribution is 2.12. The van der Waals surface area contributed by atoms with Gasteiger partial charge in [0.2, 0.25) is 0 Å². The normalized spacial score (nSPS) is 19.0. The van der Waals surface area contributed by atoms with Crippen molar-refractivity contribution in [1.82, 2.24) is 14.7 Å². The Balaban J connectivity index is 2.89. The minimum absolute atomic E-state index is 0.0924. The van der Waals surface area contributed by atoms with Crippen molar-refractivity contribution in [2.45, 2.75) is 19.9 Å². The average molecular weight is 185 g/mol. The first-order chi connectivity index (χ1) is 5.95. The molecule has 13 heavy (non-hydrogen) atoms. The molecule has 1 heterocycles. The predicted molar refractivity (Wildman–Crippen MR) is 48.2 cm³/mol. The summed E-state index contributed by atoms with van der Waals surface area (Å²) in [6.07, 6.45) is 0.